The minimum atomic E-state index is 0. The Balaban J connectivity index is 0.00000144. The van der Waals surface area contributed by atoms with Gasteiger partial charge in [-0.05, 0) is 0 Å². The first-order valence-electron chi connectivity index (χ1n) is 4.88. The van der Waals surface area contributed by atoms with Crippen LogP contribution in [0, 0.1) is 20.5 Å². The van der Waals surface area contributed by atoms with Gasteiger partial charge in [0.1, 0.15) is 0 Å². The Morgan fingerprint density at radius 1 is 1.18 bits per heavy atom. The molecule has 0 bridgehead atoms. The Hall–Kier alpha value is -1.75. The second-order valence-electron chi connectivity index (χ2n) is 3.51. The van der Waals surface area contributed by atoms with Crippen molar-refractivity contribution in [2.24, 2.45) is 0 Å². The molecule has 0 aliphatic rings. The van der Waals surface area contributed by atoms with Crippen molar-refractivity contribution < 1.29 is 24.7 Å². The van der Waals surface area contributed by atoms with Crippen LogP contribution in [0.2, 0.25) is 0 Å². The van der Waals surface area contributed by atoms with Gasteiger partial charge in [0.15, 0.2) is 5.69 Å². The molecule has 3 heteroatoms. The maximum atomic E-state index is 7.01. The zero-order valence-electron chi connectivity index (χ0n) is 9.18. The molecule has 0 unspecified atom stereocenters. The third-order valence-electron chi connectivity index (χ3n) is 2.44. The van der Waals surface area contributed by atoms with Gasteiger partial charge in [-0.15, -0.1) is 17.7 Å². The number of rotatable bonds is 1. The standard InChI is InChI=1S/C14H11N2.Ir/c1-11-7-8-12(15-2)10-13(11)14-6-4-5-9-16(14)3;/h4-10H,1,3H2;/q-1;. The van der Waals surface area contributed by atoms with Gasteiger partial charge in [-0.2, -0.15) is 18.6 Å². The normalized spacial score (nSPS) is 9.12. The van der Waals surface area contributed by atoms with Gasteiger partial charge < -0.3 is 4.57 Å². The Morgan fingerprint density at radius 3 is 2.59 bits per heavy atom. The van der Waals surface area contributed by atoms with Gasteiger partial charge in [0.05, 0.1) is 18.5 Å². The third-order valence-corrected chi connectivity index (χ3v) is 2.44. The summed E-state index contributed by atoms with van der Waals surface area (Å²) < 4.78 is 1.78. The summed E-state index contributed by atoms with van der Waals surface area (Å²) in [6, 6.07) is 11.3. The summed E-state index contributed by atoms with van der Waals surface area (Å²) in [6.45, 7) is 11.0. The average Bonchev–Trinajstić information content (AvgIpc) is 2.31. The predicted molar refractivity (Wildman–Crippen MR) is 63.5 cm³/mol. The van der Waals surface area contributed by atoms with Gasteiger partial charge >= 0.3 is 0 Å². The van der Waals surface area contributed by atoms with Gasteiger partial charge in [-0.3, -0.25) is 0 Å². The monoisotopic (exact) mass is 400 g/mol. The van der Waals surface area contributed by atoms with E-state index in [1.165, 1.54) is 0 Å². The van der Waals surface area contributed by atoms with Crippen LogP contribution in [0.15, 0.2) is 42.6 Å². The summed E-state index contributed by atoms with van der Waals surface area (Å²) in [5, 5.41) is 0. The van der Waals surface area contributed by atoms with Crippen LogP contribution in [0.5, 0.6) is 0 Å². The molecule has 2 rings (SSSR count). The average molecular weight is 399 g/mol. The van der Waals surface area contributed by atoms with Gasteiger partial charge in [-0.1, -0.05) is 18.2 Å². The van der Waals surface area contributed by atoms with Gasteiger partial charge in [-0.25, -0.2) is 4.85 Å². The second-order valence-corrected chi connectivity index (χ2v) is 3.51. The maximum Gasteiger partial charge on any atom is 0.163 e. The van der Waals surface area contributed by atoms with Crippen LogP contribution in [-0.2, 0) is 20.1 Å². The van der Waals surface area contributed by atoms with Crippen LogP contribution in [-0.4, -0.2) is 0 Å². The van der Waals surface area contributed by atoms with Crippen LogP contribution in [0.25, 0.3) is 16.1 Å². The maximum absolute atomic E-state index is 7.01. The topological polar surface area (TPSA) is 8.24 Å². The fourth-order valence-corrected chi connectivity index (χ4v) is 1.59. The summed E-state index contributed by atoms with van der Waals surface area (Å²) >= 11 is 0. The Kier molecular flexibility index (Phi) is 4.34. The molecule has 0 aliphatic heterocycles. The van der Waals surface area contributed by atoms with E-state index in [1.807, 2.05) is 36.5 Å². The Morgan fingerprint density at radius 2 is 1.94 bits per heavy atom. The summed E-state index contributed by atoms with van der Waals surface area (Å²) in [4.78, 5) is 3.42. The van der Waals surface area contributed by atoms with E-state index < -0.39 is 0 Å². The van der Waals surface area contributed by atoms with E-state index in [1.54, 1.807) is 10.6 Å². The minimum absolute atomic E-state index is 0. The van der Waals surface area contributed by atoms with Crippen LogP contribution < -0.4 is 4.57 Å². The first kappa shape index (κ1) is 13.3. The van der Waals surface area contributed by atoms with Gasteiger partial charge in [0.2, 0.25) is 0 Å². The van der Waals surface area contributed by atoms with Crippen molar-refractivity contribution in [3.05, 3.63) is 73.5 Å². The largest absolute Gasteiger partial charge is 0.343 e. The van der Waals surface area contributed by atoms with Crippen LogP contribution in [0.3, 0.4) is 0 Å². The van der Waals surface area contributed by atoms with Crippen molar-refractivity contribution in [1.82, 2.24) is 0 Å². The number of hydrogen-bond acceptors (Lipinski definition) is 0. The van der Waals surface area contributed by atoms with E-state index in [-0.39, 0.29) is 20.1 Å². The Labute approximate surface area is 115 Å². The molecule has 0 amide bonds. The number of hydrogen-bond donors (Lipinski definition) is 0. The first-order valence-corrected chi connectivity index (χ1v) is 4.88. The van der Waals surface area contributed by atoms with Crippen molar-refractivity contribution >= 4 is 5.69 Å². The van der Waals surface area contributed by atoms with Crippen molar-refractivity contribution in [3.8, 4) is 11.3 Å². The van der Waals surface area contributed by atoms with Crippen LogP contribution in [0.4, 0.5) is 5.69 Å². The molecule has 1 aromatic carbocycles. The molecule has 0 N–H and O–H groups in total. The summed E-state index contributed by atoms with van der Waals surface area (Å²) in [5.41, 5.74) is 3.42. The zero-order valence-corrected chi connectivity index (χ0v) is 11.6. The van der Waals surface area contributed by atoms with Crippen molar-refractivity contribution in [1.29, 1.82) is 0 Å². The van der Waals surface area contributed by atoms with E-state index in [4.69, 9.17) is 6.57 Å². The molecule has 1 aromatic heterocycles. The molecule has 87 valence electrons. The summed E-state index contributed by atoms with van der Waals surface area (Å²) in [5.74, 6) is 0. The van der Waals surface area contributed by atoms with E-state index in [2.05, 4.69) is 18.8 Å². The smallest absolute Gasteiger partial charge is 0.163 e. The molecule has 1 radical (unpaired) electrons. The quantitative estimate of drug-likeness (QED) is 0.515. The molecule has 2 nitrogen and oxygen atoms in total. The SMILES string of the molecule is [C-]#[N+]c1ccc([CH2-])c(-c2cccc[n+]2[CH2-])c1.[Ir]. The molecule has 0 atom stereocenters. The summed E-state index contributed by atoms with van der Waals surface area (Å²) in [7, 11) is 3.90. The number of nitrogens with zero attached hydrogens (tertiary/aromatic N) is 2. The molecule has 0 aliphatic carbocycles. The van der Waals surface area contributed by atoms with E-state index in [9.17, 15) is 0 Å². The predicted octanol–water partition coefficient (Wildman–Crippen LogP) is 3.01. The van der Waals surface area contributed by atoms with Gasteiger partial charge in [0.25, 0.3) is 0 Å². The van der Waals surface area contributed by atoms with E-state index >= 15 is 0 Å². The molecule has 0 spiro atoms. The van der Waals surface area contributed by atoms with Crippen LogP contribution in [0.1, 0.15) is 5.56 Å². The molecule has 17 heavy (non-hydrogen) atoms. The third kappa shape index (κ3) is 2.68. The second kappa shape index (κ2) is 5.54. The van der Waals surface area contributed by atoms with Crippen molar-refractivity contribution in [2.45, 2.75) is 0 Å². The number of benzene rings is 1. The molecular weight excluding hydrogens is 388 g/mol. The van der Waals surface area contributed by atoms with Crippen molar-refractivity contribution in [3.63, 3.8) is 0 Å². The molecule has 0 fully saturated rings. The molecule has 0 saturated carbocycles. The van der Waals surface area contributed by atoms with Crippen LogP contribution >= 0.6 is 0 Å². The Bertz CT molecular complexity index is 571. The zero-order chi connectivity index (χ0) is 11.5. The van der Waals surface area contributed by atoms with E-state index in [0.29, 0.717) is 5.69 Å². The molecule has 2 aromatic rings. The first-order chi connectivity index (χ1) is 7.72. The van der Waals surface area contributed by atoms with E-state index in [0.717, 1.165) is 16.8 Å². The molecule has 0 saturated heterocycles. The van der Waals surface area contributed by atoms with Gasteiger partial charge in [0, 0.05) is 27.2 Å². The molecule has 1 heterocycles. The molecular formula is C14H11IrN2-. The summed E-state index contributed by atoms with van der Waals surface area (Å²) in [6.07, 6.45) is 1.87. The number of pyridine rings is 1. The van der Waals surface area contributed by atoms with Crippen molar-refractivity contribution in [2.75, 3.05) is 0 Å². The fraction of sp³-hybridized carbons (Fsp3) is 0. The fourth-order valence-electron chi connectivity index (χ4n) is 1.59. The minimum Gasteiger partial charge on any atom is -0.343 e. The number of aromatic nitrogens is 1.